The second kappa shape index (κ2) is 5.31. The monoisotopic (exact) mass is 235 g/mol. The van der Waals surface area contributed by atoms with Crippen molar-refractivity contribution in [2.75, 3.05) is 11.9 Å². The van der Waals surface area contributed by atoms with Crippen molar-refractivity contribution in [1.82, 2.24) is 9.97 Å². The summed E-state index contributed by atoms with van der Waals surface area (Å²) in [6, 6.07) is 0. The molecule has 1 aliphatic heterocycles. The van der Waals surface area contributed by atoms with Gasteiger partial charge in [-0.2, -0.15) is 0 Å². The molecule has 0 aromatic carbocycles. The van der Waals surface area contributed by atoms with Gasteiger partial charge in [0.05, 0.1) is 5.25 Å². The van der Waals surface area contributed by atoms with Gasteiger partial charge in [0.1, 0.15) is 12.1 Å². The van der Waals surface area contributed by atoms with E-state index in [1.807, 2.05) is 0 Å². The predicted octanol–water partition coefficient (Wildman–Crippen LogP) is 3.44. The summed E-state index contributed by atoms with van der Waals surface area (Å²) >= 11 is 0. The number of aromatic nitrogens is 2. The second-order valence-corrected chi connectivity index (χ2v) is 5.05. The lowest BCUT2D eigenvalue weighted by molar-refractivity contribution is 0.879. The van der Waals surface area contributed by atoms with Gasteiger partial charge in [-0.15, -0.1) is 8.19 Å². The van der Waals surface area contributed by atoms with Gasteiger partial charge in [-0.05, 0) is 24.2 Å². The zero-order chi connectivity index (χ0) is 11.4. The number of nitrogens with zero attached hydrogens (tertiary/aromatic N) is 2. The minimum Gasteiger partial charge on any atom is -0.369 e. The average Bonchev–Trinajstić information content (AvgIpc) is 2.57. The highest BCUT2D eigenvalue weighted by Gasteiger charge is 2.12. The van der Waals surface area contributed by atoms with Crippen LogP contribution >= 0.6 is 8.19 Å². The van der Waals surface area contributed by atoms with Crippen LogP contribution in [0.15, 0.2) is 12.1 Å². The van der Waals surface area contributed by atoms with Crippen LogP contribution in [0.25, 0.3) is 10.6 Å². The van der Waals surface area contributed by atoms with Crippen LogP contribution in [0.4, 0.5) is 5.82 Å². The standard InChI is InChI=1S/C9H10N3P.C3H8/c1-2-6-4-13-9-7(6)8(10-3-1)11-5-12-9;1-3-2/h4-5,13H,1-3H2,(H,10,11,12);3H2,1-2H3. The first-order chi connectivity index (χ1) is 7.86. The molecule has 0 saturated heterocycles. The van der Waals surface area contributed by atoms with Crippen LogP contribution in [0.1, 0.15) is 32.3 Å². The Morgan fingerprint density at radius 3 is 3.00 bits per heavy atom. The van der Waals surface area contributed by atoms with Gasteiger partial charge in [-0.3, -0.25) is 0 Å². The van der Waals surface area contributed by atoms with Gasteiger partial charge in [0.25, 0.3) is 0 Å². The van der Waals surface area contributed by atoms with E-state index in [0.29, 0.717) is 0 Å². The van der Waals surface area contributed by atoms with E-state index in [2.05, 4.69) is 34.9 Å². The molecule has 16 heavy (non-hydrogen) atoms. The van der Waals surface area contributed by atoms with Crippen molar-refractivity contribution in [2.45, 2.75) is 33.1 Å². The average molecular weight is 235 g/mol. The van der Waals surface area contributed by atoms with Gasteiger partial charge < -0.3 is 5.32 Å². The Kier molecular flexibility index (Phi) is 3.79. The zero-order valence-corrected chi connectivity index (χ0v) is 10.9. The molecule has 0 amide bonds. The maximum atomic E-state index is 4.30. The van der Waals surface area contributed by atoms with E-state index in [0.717, 1.165) is 20.6 Å². The molecule has 0 aliphatic carbocycles. The number of hydrogen-bond donors (Lipinski definition) is 1. The molecule has 1 atom stereocenters. The Bertz CT molecular complexity index is 464. The number of rotatable bonds is 0. The Labute approximate surface area is 97.8 Å². The van der Waals surface area contributed by atoms with Gasteiger partial charge in [-0.1, -0.05) is 20.3 Å². The van der Waals surface area contributed by atoms with Crippen molar-refractivity contribution in [3.05, 3.63) is 17.7 Å². The summed E-state index contributed by atoms with van der Waals surface area (Å²) in [6.45, 7) is 5.28. The molecule has 1 N–H and O–H groups in total. The summed E-state index contributed by atoms with van der Waals surface area (Å²) < 4.78 is 0. The van der Waals surface area contributed by atoms with Gasteiger partial charge in [0, 0.05) is 11.9 Å². The normalized spacial score (nSPS) is 14.1. The van der Waals surface area contributed by atoms with Crippen molar-refractivity contribution in [1.29, 1.82) is 0 Å². The quantitative estimate of drug-likeness (QED) is 0.760. The molecular formula is C12H18N3P. The van der Waals surface area contributed by atoms with E-state index in [9.17, 15) is 0 Å². The topological polar surface area (TPSA) is 37.8 Å². The smallest absolute Gasteiger partial charge is 0.137 e. The van der Waals surface area contributed by atoms with Gasteiger partial charge in [0.15, 0.2) is 0 Å². The molecular weight excluding hydrogens is 217 g/mol. The second-order valence-electron chi connectivity index (χ2n) is 4.00. The van der Waals surface area contributed by atoms with E-state index in [1.54, 1.807) is 6.33 Å². The van der Waals surface area contributed by atoms with Gasteiger partial charge >= 0.3 is 0 Å². The highest BCUT2D eigenvalue weighted by Crippen LogP contribution is 2.34. The van der Waals surface area contributed by atoms with Crippen LogP contribution in [0.5, 0.6) is 0 Å². The third-order valence-corrected chi connectivity index (χ3v) is 3.61. The van der Waals surface area contributed by atoms with Gasteiger partial charge in [-0.25, -0.2) is 9.97 Å². The number of nitrogens with one attached hydrogen (secondary N) is 1. The summed E-state index contributed by atoms with van der Waals surface area (Å²) in [6.07, 6.45) is 5.29. The van der Waals surface area contributed by atoms with E-state index in [1.165, 1.54) is 35.5 Å². The molecule has 86 valence electrons. The SMILES string of the molecule is CCC.c1nc2c3c(c[pH]c3n1)CCCN2. The first kappa shape index (κ1) is 11.4. The minimum atomic E-state index is 0.747. The van der Waals surface area contributed by atoms with E-state index in [-0.39, 0.29) is 0 Å². The summed E-state index contributed by atoms with van der Waals surface area (Å²) in [5.41, 5.74) is 1.45. The number of anilines is 1. The first-order valence-electron chi connectivity index (χ1n) is 5.91. The Morgan fingerprint density at radius 1 is 1.38 bits per heavy atom. The fourth-order valence-electron chi connectivity index (χ4n) is 1.84. The van der Waals surface area contributed by atoms with E-state index >= 15 is 0 Å². The van der Waals surface area contributed by atoms with Crippen LogP contribution in [-0.2, 0) is 6.42 Å². The van der Waals surface area contributed by atoms with Crippen LogP contribution in [0, 0.1) is 0 Å². The van der Waals surface area contributed by atoms with E-state index < -0.39 is 0 Å². The fourth-order valence-corrected chi connectivity index (χ4v) is 3.00. The molecule has 0 saturated carbocycles. The maximum absolute atomic E-state index is 4.30. The van der Waals surface area contributed by atoms with Crippen molar-refractivity contribution in [3.8, 4) is 0 Å². The summed E-state index contributed by atoms with van der Waals surface area (Å²) in [4.78, 5) is 8.57. The lowest BCUT2D eigenvalue weighted by Gasteiger charge is -2.01. The Hall–Kier alpha value is -1.08. The summed E-state index contributed by atoms with van der Waals surface area (Å²) in [5.74, 6) is 3.36. The molecule has 1 aliphatic rings. The van der Waals surface area contributed by atoms with Crippen LogP contribution in [0.2, 0.25) is 0 Å². The fraction of sp³-hybridized carbons (Fsp3) is 0.500. The van der Waals surface area contributed by atoms with Crippen molar-refractivity contribution in [3.63, 3.8) is 0 Å². The number of hydrogen-bond acceptors (Lipinski definition) is 3. The zero-order valence-electron chi connectivity index (χ0n) is 9.88. The molecule has 0 radical (unpaired) electrons. The molecule has 0 spiro atoms. The summed E-state index contributed by atoms with van der Waals surface area (Å²) in [5, 5.41) is 5.86. The van der Waals surface area contributed by atoms with Crippen molar-refractivity contribution >= 4 is 24.6 Å². The Morgan fingerprint density at radius 2 is 2.19 bits per heavy atom. The predicted molar refractivity (Wildman–Crippen MR) is 71.8 cm³/mol. The summed E-state index contributed by atoms with van der Waals surface area (Å²) in [7, 11) is 0.747. The molecule has 4 heteroatoms. The highest BCUT2D eigenvalue weighted by molar-refractivity contribution is 7.36. The van der Waals surface area contributed by atoms with Crippen LogP contribution in [0.3, 0.4) is 0 Å². The molecule has 3 nitrogen and oxygen atoms in total. The van der Waals surface area contributed by atoms with Gasteiger partial charge in [0.2, 0.25) is 0 Å². The lowest BCUT2D eigenvalue weighted by Crippen LogP contribution is -2.01. The molecule has 1 unspecified atom stereocenters. The molecule has 3 heterocycles. The van der Waals surface area contributed by atoms with Crippen LogP contribution in [-0.4, -0.2) is 16.5 Å². The molecule has 3 rings (SSSR count). The third kappa shape index (κ3) is 2.19. The first-order valence-corrected chi connectivity index (χ1v) is 6.99. The Balaban J connectivity index is 0.000000292. The van der Waals surface area contributed by atoms with Crippen LogP contribution < -0.4 is 5.32 Å². The lowest BCUT2D eigenvalue weighted by atomic mass is 10.1. The van der Waals surface area contributed by atoms with Crippen molar-refractivity contribution < 1.29 is 0 Å². The molecule has 0 bridgehead atoms. The molecule has 2 aromatic rings. The molecule has 0 fully saturated rings. The maximum Gasteiger partial charge on any atom is 0.137 e. The largest absolute Gasteiger partial charge is 0.369 e. The number of aryl methyl sites for hydroxylation is 1. The van der Waals surface area contributed by atoms with Crippen molar-refractivity contribution in [2.24, 2.45) is 0 Å². The van der Waals surface area contributed by atoms with E-state index in [4.69, 9.17) is 0 Å². The minimum absolute atomic E-state index is 0.747. The third-order valence-electron chi connectivity index (χ3n) is 2.47. The highest BCUT2D eigenvalue weighted by atomic mass is 31.0. The molecule has 2 aromatic heterocycles.